The van der Waals surface area contributed by atoms with Crippen molar-refractivity contribution >= 4 is 51.1 Å². The van der Waals surface area contributed by atoms with Gasteiger partial charge in [0.2, 0.25) is 11.8 Å². The van der Waals surface area contributed by atoms with Crippen LogP contribution < -0.4 is 16.2 Å². The zero-order chi connectivity index (χ0) is 17.1. The SMILES string of the molecule is O=C(C[C@@H]1Sc2ccccc2NC1=O)NNC(=O)c1cc(Br)c[nH]1. The number of nitrogens with one attached hydrogen (secondary N) is 4. The number of hydrogen-bond acceptors (Lipinski definition) is 4. The Hall–Kier alpha value is -2.26. The van der Waals surface area contributed by atoms with Gasteiger partial charge in [0.05, 0.1) is 10.9 Å². The summed E-state index contributed by atoms with van der Waals surface area (Å²) >= 11 is 4.55. The first kappa shape index (κ1) is 16.6. The lowest BCUT2D eigenvalue weighted by molar-refractivity contribution is -0.124. The quantitative estimate of drug-likeness (QED) is 0.583. The lowest BCUT2D eigenvalue weighted by atomic mass is 10.2. The van der Waals surface area contributed by atoms with Crippen LogP contribution in [0, 0.1) is 0 Å². The summed E-state index contributed by atoms with van der Waals surface area (Å²) in [5.41, 5.74) is 5.67. The van der Waals surface area contributed by atoms with Crippen molar-refractivity contribution in [3.8, 4) is 0 Å². The Balaban J connectivity index is 1.54. The average molecular weight is 409 g/mol. The van der Waals surface area contributed by atoms with Gasteiger partial charge in [-0.3, -0.25) is 25.2 Å². The summed E-state index contributed by atoms with van der Waals surface area (Å²) in [4.78, 5) is 39.5. The van der Waals surface area contributed by atoms with Crippen molar-refractivity contribution < 1.29 is 14.4 Å². The summed E-state index contributed by atoms with van der Waals surface area (Å²) in [7, 11) is 0. The van der Waals surface area contributed by atoms with Crippen molar-refractivity contribution in [1.82, 2.24) is 15.8 Å². The number of aromatic nitrogens is 1. The average Bonchev–Trinajstić information content (AvgIpc) is 3.00. The van der Waals surface area contributed by atoms with E-state index in [9.17, 15) is 14.4 Å². The molecule has 3 rings (SSSR count). The summed E-state index contributed by atoms with van der Waals surface area (Å²) < 4.78 is 0.730. The molecule has 1 aromatic heterocycles. The predicted octanol–water partition coefficient (Wildman–Crippen LogP) is 2.04. The molecule has 0 radical (unpaired) electrons. The normalized spacial score (nSPS) is 16.0. The monoisotopic (exact) mass is 408 g/mol. The maximum Gasteiger partial charge on any atom is 0.286 e. The molecule has 4 N–H and O–H groups in total. The number of anilines is 1. The number of rotatable bonds is 3. The molecule has 0 bridgehead atoms. The molecule has 7 nitrogen and oxygen atoms in total. The van der Waals surface area contributed by atoms with Crippen molar-refractivity contribution in [2.75, 3.05) is 5.32 Å². The Bertz CT molecular complexity index is 808. The molecule has 3 amide bonds. The highest BCUT2D eigenvalue weighted by atomic mass is 79.9. The van der Waals surface area contributed by atoms with E-state index in [-0.39, 0.29) is 12.3 Å². The first-order valence-corrected chi connectivity index (χ1v) is 8.70. The highest BCUT2D eigenvalue weighted by Gasteiger charge is 2.28. The fourth-order valence-electron chi connectivity index (χ4n) is 2.14. The van der Waals surface area contributed by atoms with Crippen LogP contribution in [0.4, 0.5) is 5.69 Å². The predicted molar refractivity (Wildman–Crippen MR) is 93.4 cm³/mol. The van der Waals surface area contributed by atoms with Gasteiger partial charge < -0.3 is 10.3 Å². The Morgan fingerprint density at radius 1 is 1.25 bits per heavy atom. The number of thioether (sulfide) groups is 1. The molecule has 1 aliphatic heterocycles. The third kappa shape index (κ3) is 3.80. The minimum Gasteiger partial charge on any atom is -0.356 e. The van der Waals surface area contributed by atoms with Crippen LogP contribution in [0.3, 0.4) is 0 Å². The largest absolute Gasteiger partial charge is 0.356 e. The van der Waals surface area contributed by atoms with Gasteiger partial charge in [-0.2, -0.15) is 0 Å². The fraction of sp³-hybridized carbons (Fsp3) is 0.133. The highest BCUT2D eigenvalue weighted by molar-refractivity contribution is 9.10. The molecule has 0 saturated carbocycles. The first-order chi connectivity index (χ1) is 11.5. The standard InChI is InChI=1S/C15H13BrN4O3S/c16-8-5-10(17-7-8)14(22)20-19-13(21)6-12-15(23)18-9-3-1-2-4-11(9)24-12/h1-5,7,12,17H,6H2,(H,18,23)(H,19,21)(H,20,22)/t12-/m0/s1. The molecule has 1 aromatic carbocycles. The highest BCUT2D eigenvalue weighted by Crippen LogP contribution is 2.36. The second-order valence-corrected chi connectivity index (χ2v) is 7.19. The number of carbonyl (C=O) groups is 3. The zero-order valence-electron chi connectivity index (χ0n) is 12.3. The topological polar surface area (TPSA) is 103 Å². The molecule has 0 aliphatic carbocycles. The number of carbonyl (C=O) groups excluding carboxylic acids is 3. The van der Waals surface area contributed by atoms with Crippen molar-refractivity contribution in [2.24, 2.45) is 0 Å². The number of amides is 3. The lowest BCUT2D eigenvalue weighted by Gasteiger charge is -2.23. The molecule has 0 fully saturated rings. The molecule has 24 heavy (non-hydrogen) atoms. The van der Waals surface area contributed by atoms with E-state index in [1.165, 1.54) is 11.8 Å². The van der Waals surface area contributed by atoms with E-state index in [1.54, 1.807) is 12.3 Å². The molecule has 1 atom stereocenters. The van der Waals surface area contributed by atoms with Crippen molar-refractivity contribution in [3.05, 3.63) is 46.7 Å². The molecule has 9 heteroatoms. The van der Waals surface area contributed by atoms with Gasteiger partial charge in [0.1, 0.15) is 5.69 Å². The number of hydrazine groups is 1. The van der Waals surface area contributed by atoms with Gasteiger partial charge in [0, 0.05) is 22.0 Å². The molecule has 124 valence electrons. The van der Waals surface area contributed by atoms with Gasteiger partial charge in [-0.05, 0) is 34.1 Å². The van der Waals surface area contributed by atoms with Crippen LogP contribution in [-0.4, -0.2) is 28.0 Å². The summed E-state index contributed by atoms with van der Waals surface area (Å²) in [5, 5.41) is 2.23. The van der Waals surface area contributed by atoms with Crippen LogP contribution in [0.15, 0.2) is 45.9 Å². The van der Waals surface area contributed by atoms with Crippen LogP contribution in [0.25, 0.3) is 0 Å². The number of hydrogen-bond donors (Lipinski definition) is 4. The Labute approximate surface area is 150 Å². The minimum absolute atomic E-state index is 0.0421. The van der Waals surface area contributed by atoms with E-state index in [0.29, 0.717) is 5.69 Å². The summed E-state index contributed by atoms with van der Waals surface area (Å²) in [5.74, 6) is -1.14. The maximum atomic E-state index is 12.0. The summed E-state index contributed by atoms with van der Waals surface area (Å²) in [6, 6.07) is 8.99. The van der Waals surface area contributed by atoms with Gasteiger partial charge in [0.15, 0.2) is 0 Å². The van der Waals surface area contributed by atoms with E-state index in [2.05, 4.69) is 37.1 Å². The van der Waals surface area contributed by atoms with Crippen molar-refractivity contribution in [1.29, 1.82) is 0 Å². The van der Waals surface area contributed by atoms with Crippen molar-refractivity contribution in [3.63, 3.8) is 0 Å². The number of para-hydroxylation sites is 1. The van der Waals surface area contributed by atoms with E-state index in [0.717, 1.165) is 15.1 Å². The van der Waals surface area contributed by atoms with Gasteiger partial charge in [-0.15, -0.1) is 11.8 Å². The molecule has 0 unspecified atom stereocenters. The Kier molecular flexibility index (Phi) is 4.91. The molecule has 0 spiro atoms. The van der Waals surface area contributed by atoms with Gasteiger partial charge in [0.25, 0.3) is 5.91 Å². The van der Waals surface area contributed by atoms with Crippen molar-refractivity contribution in [2.45, 2.75) is 16.6 Å². The number of fused-ring (bicyclic) bond motifs is 1. The summed E-state index contributed by atoms with van der Waals surface area (Å²) in [6.07, 6.45) is 1.57. The van der Waals surface area contributed by atoms with Crippen LogP contribution in [0.2, 0.25) is 0 Å². The number of H-pyrrole nitrogens is 1. The molecule has 1 aliphatic rings. The molecular formula is C15H13BrN4O3S. The lowest BCUT2D eigenvalue weighted by Crippen LogP contribution is -2.44. The van der Waals surface area contributed by atoms with Gasteiger partial charge in [-0.25, -0.2) is 0 Å². The van der Waals surface area contributed by atoms with E-state index in [1.807, 2.05) is 24.3 Å². The zero-order valence-corrected chi connectivity index (χ0v) is 14.7. The Morgan fingerprint density at radius 2 is 2.04 bits per heavy atom. The molecular weight excluding hydrogens is 396 g/mol. The van der Waals surface area contributed by atoms with Gasteiger partial charge in [-0.1, -0.05) is 12.1 Å². The van der Waals surface area contributed by atoms with E-state index >= 15 is 0 Å². The smallest absolute Gasteiger partial charge is 0.286 e. The second-order valence-electron chi connectivity index (χ2n) is 5.03. The van der Waals surface area contributed by atoms with Crippen LogP contribution in [-0.2, 0) is 9.59 Å². The minimum atomic E-state index is -0.545. The fourth-order valence-corrected chi connectivity index (χ4v) is 3.59. The molecule has 2 heterocycles. The molecule has 0 saturated heterocycles. The van der Waals surface area contributed by atoms with E-state index < -0.39 is 17.1 Å². The third-order valence-electron chi connectivity index (χ3n) is 3.29. The number of halogens is 1. The third-order valence-corrected chi connectivity index (χ3v) is 5.02. The van der Waals surface area contributed by atoms with Gasteiger partial charge >= 0.3 is 0 Å². The maximum absolute atomic E-state index is 12.0. The second kappa shape index (κ2) is 7.10. The summed E-state index contributed by atoms with van der Waals surface area (Å²) in [6.45, 7) is 0. The Morgan fingerprint density at radius 3 is 2.79 bits per heavy atom. The van der Waals surface area contributed by atoms with Crippen LogP contribution in [0.1, 0.15) is 16.9 Å². The first-order valence-electron chi connectivity index (χ1n) is 7.02. The number of benzene rings is 1. The van der Waals surface area contributed by atoms with Crippen LogP contribution in [0.5, 0.6) is 0 Å². The number of aromatic amines is 1. The molecule has 2 aromatic rings. The van der Waals surface area contributed by atoms with Crippen LogP contribution >= 0.6 is 27.7 Å². The van der Waals surface area contributed by atoms with E-state index in [4.69, 9.17) is 0 Å².